The standard InChI is InChI=1S/C22H21N3O6/c1-13(26)16-4-3-5-17(12-16)23-21(29)14(2)31-22(30)15-6-8-18(9-7-15)25-20(28)11-10-19(27)24-25/h3-9,12,14H,10-11H2,1-2H3,(H,23,29)(H,24,27). The zero-order valence-corrected chi connectivity index (χ0v) is 17.0. The van der Waals surface area contributed by atoms with Crippen molar-refractivity contribution in [2.45, 2.75) is 32.8 Å². The summed E-state index contributed by atoms with van der Waals surface area (Å²) in [5.41, 5.74) is 3.92. The third kappa shape index (κ3) is 5.33. The Morgan fingerprint density at radius 3 is 2.42 bits per heavy atom. The summed E-state index contributed by atoms with van der Waals surface area (Å²) in [6.07, 6.45) is -0.841. The lowest BCUT2D eigenvalue weighted by Crippen LogP contribution is -2.50. The number of esters is 1. The average Bonchev–Trinajstić information content (AvgIpc) is 2.75. The Hall–Kier alpha value is -4.01. The molecule has 2 N–H and O–H groups in total. The van der Waals surface area contributed by atoms with Gasteiger partial charge in [0.25, 0.3) is 5.91 Å². The lowest BCUT2D eigenvalue weighted by atomic mass is 10.1. The van der Waals surface area contributed by atoms with Crippen LogP contribution >= 0.6 is 0 Å². The number of carbonyl (C=O) groups is 5. The Bertz CT molecular complexity index is 1050. The molecule has 1 saturated heterocycles. The highest BCUT2D eigenvalue weighted by Crippen LogP contribution is 2.19. The number of ketones is 1. The number of benzene rings is 2. The third-order valence-electron chi connectivity index (χ3n) is 4.60. The smallest absolute Gasteiger partial charge is 0.338 e. The maximum absolute atomic E-state index is 12.4. The summed E-state index contributed by atoms with van der Waals surface area (Å²) in [5.74, 6) is -1.93. The Morgan fingerprint density at radius 2 is 1.74 bits per heavy atom. The summed E-state index contributed by atoms with van der Waals surface area (Å²) >= 11 is 0. The van der Waals surface area contributed by atoms with Crippen LogP contribution in [-0.4, -0.2) is 35.6 Å². The highest BCUT2D eigenvalue weighted by molar-refractivity contribution is 6.02. The molecule has 0 aromatic heterocycles. The van der Waals surface area contributed by atoms with Gasteiger partial charge in [-0.15, -0.1) is 0 Å². The Balaban J connectivity index is 1.61. The number of hydrazine groups is 1. The van der Waals surface area contributed by atoms with Crippen LogP contribution in [0, 0.1) is 0 Å². The van der Waals surface area contributed by atoms with E-state index in [2.05, 4.69) is 10.7 Å². The molecule has 160 valence electrons. The highest BCUT2D eigenvalue weighted by Gasteiger charge is 2.25. The molecule has 9 heteroatoms. The van der Waals surface area contributed by atoms with E-state index < -0.39 is 18.0 Å². The maximum Gasteiger partial charge on any atom is 0.338 e. The molecule has 9 nitrogen and oxygen atoms in total. The first-order chi connectivity index (χ1) is 14.7. The summed E-state index contributed by atoms with van der Waals surface area (Å²) in [6, 6.07) is 12.3. The number of nitrogens with zero attached hydrogens (tertiary/aromatic N) is 1. The van der Waals surface area contributed by atoms with Crippen LogP contribution in [0.2, 0.25) is 0 Å². The number of hydrogen-bond acceptors (Lipinski definition) is 6. The fraction of sp³-hybridized carbons (Fsp3) is 0.227. The first kappa shape index (κ1) is 21.7. The van der Waals surface area contributed by atoms with Gasteiger partial charge in [0.15, 0.2) is 11.9 Å². The second-order valence-electron chi connectivity index (χ2n) is 6.98. The normalized spacial score (nSPS) is 14.5. The zero-order valence-electron chi connectivity index (χ0n) is 17.0. The maximum atomic E-state index is 12.4. The molecule has 0 bridgehead atoms. The van der Waals surface area contributed by atoms with Gasteiger partial charge in [0.1, 0.15) is 0 Å². The number of anilines is 2. The molecule has 0 aliphatic carbocycles. The SMILES string of the molecule is CC(=O)c1cccc(NC(=O)C(C)OC(=O)c2ccc(N3NC(=O)CCC3=O)cc2)c1. The predicted molar refractivity (Wildman–Crippen MR) is 111 cm³/mol. The van der Waals surface area contributed by atoms with E-state index in [0.717, 1.165) is 5.01 Å². The van der Waals surface area contributed by atoms with E-state index in [0.29, 0.717) is 16.9 Å². The van der Waals surface area contributed by atoms with Gasteiger partial charge in [-0.2, -0.15) is 0 Å². The second-order valence-corrected chi connectivity index (χ2v) is 6.98. The number of hydrogen-bond donors (Lipinski definition) is 2. The molecule has 1 atom stereocenters. The molecule has 3 rings (SSSR count). The molecule has 1 heterocycles. The van der Waals surface area contributed by atoms with Gasteiger partial charge >= 0.3 is 5.97 Å². The minimum Gasteiger partial charge on any atom is -0.449 e. The van der Waals surface area contributed by atoms with E-state index in [4.69, 9.17) is 4.74 Å². The number of amides is 3. The fourth-order valence-corrected chi connectivity index (χ4v) is 2.87. The molecule has 1 aliphatic heterocycles. The van der Waals surface area contributed by atoms with Gasteiger partial charge in [0.2, 0.25) is 11.8 Å². The summed E-state index contributed by atoms with van der Waals surface area (Å²) in [7, 11) is 0. The van der Waals surface area contributed by atoms with E-state index in [1.165, 1.54) is 44.2 Å². The summed E-state index contributed by atoms with van der Waals surface area (Å²) in [5, 5.41) is 3.73. The lowest BCUT2D eigenvalue weighted by Gasteiger charge is -2.27. The van der Waals surface area contributed by atoms with Crippen LogP contribution in [0.3, 0.4) is 0 Å². The van der Waals surface area contributed by atoms with Crippen LogP contribution < -0.4 is 15.8 Å². The monoisotopic (exact) mass is 423 g/mol. The predicted octanol–water partition coefficient (Wildman–Crippen LogP) is 2.23. The Morgan fingerprint density at radius 1 is 1.03 bits per heavy atom. The van der Waals surface area contributed by atoms with Crippen molar-refractivity contribution >= 4 is 40.8 Å². The van der Waals surface area contributed by atoms with Gasteiger partial charge in [-0.25, -0.2) is 9.80 Å². The van der Waals surface area contributed by atoms with E-state index in [9.17, 15) is 24.0 Å². The van der Waals surface area contributed by atoms with Crippen molar-refractivity contribution in [1.29, 1.82) is 0 Å². The van der Waals surface area contributed by atoms with Crippen molar-refractivity contribution in [3.8, 4) is 0 Å². The van der Waals surface area contributed by atoms with Gasteiger partial charge < -0.3 is 10.1 Å². The molecule has 2 aromatic rings. The summed E-state index contributed by atoms with van der Waals surface area (Å²) in [6.45, 7) is 2.85. The van der Waals surface area contributed by atoms with Gasteiger partial charge in [-0.3, -0.25) is 24.6 Å². The number of rotatable bonds is 6. The van der Waals surface area contributed by atoms with Crippen LogP contribution in [0.1, 0.15) is 47.4 Å². The number of Topliss-reactive ketones (excluding diaryl/α,β-unsaturated/α-hetero) is 1. The van der Waals surface area contributed by atoms with Crippen molar-refractivity contribution in [3.63, 3.8) is 0 Å². The molecule has 0 saturated carbocycles. The zero-order chi connectivity index (χ0) is 22.5. The van der Waals surface area contributed by atoms with Gasteiger partial charge in [-0.1, -0.05) is 12.1 Å². The molecule has 1 aliphatic rings. The van der Waals surface area contributed by atoms with Crippen LogP contribution in [0.25, 0.3) is 0 Å². The Kier molecular flexibility index (Phi) is 6.44. The molecular formula is C22H21N3O6. The van der Waals surface area contributed by atoms with Crippen molar-refractivity contribution in [3.05, 3.63) is 59.7 Å². The van der Waals surface area contributed by atoms with Crippen molar-refractivity contribution < 1.29 is 28.7 Å². The summed E-state index contributed by atoms with van der Waals surface area (Å²) in [4.78, 5) is 59.6. The quantitative estimate of drug-likeness (QED) is 0.543. The molecule has 31 heavy (non-hydrogen) atoms. The molecule has 0 spiro atoms. The third-order valence-corrected chi connectivity index (χ3v) is 4.60. The Labute approximate surface area is 178 Å². The molecule has 2 aromatic carbocycles. The molecular weight excluding hydrogens is 402 g/mol. The number of carbonyl (C=O) groups excluding carboxylic acids is 5. The van der Waals surface area contributed by atoms with Gasteiger partial charge in [0.05, 0.1) is 11.3 Å². The largest absolute Gasteiger partial charge is 0.449 e. The summed E-state index contributed by atoms with van der Waals surface area (Å²) < 4.78 is 5.20. The van der Waals surface area contributed by atoms with Crippen LogP contribution in [0.4, 0.5) is 11.4 Å². The van der Waals surface area contributed by atoms with E-state index in [1.54, 1.807) is 18.2 Å². The lowest BCUT2D eigenvalue weighted by molar-refractivity contribution is -0.130. The first-order valence-electron chi connectivity index (χ1n) is 9.60. The molecule has 1 fully saturated rings. The topological polar surface area (TPSA) is 122 Å². The first-order valence-corrected chi connectivity index (χ1v) is 9.60. The number of ether oxygens (including phenoxy) is 1. The number of nitrogens with one attached hydrogen (secondary N) is 2. The molecule has 0 radical (unpaired) electrons. The molecule has 3 amide bonds. The minimum atomic E-state index is -1.09. The van der Waals surface area contributed by atoms with E-state index >= 15 is 0 Å². The second kappa shape index (κ2) is 9.21. The van der Waals surface area contributed by atoms with Gasteiger partial charge in [-0.05, 0) is 50.2 Å². The van der Waals surface area contributed by atoms with Crippen LogP contribution in [-0.2, 0) is 19.1 Å². The highest BCUT2D eigenvalue weighted by atomic mass is 16.5. The molecule has 1 unspecified atom stereocenters. The van der Waals surface area contributed by atoms with Crippen LogP contribution in [0.5, 0.6) is 0 Å². The van der Waals surface area contributed by atoms with Gasteiger partial charge in [0, 0.05) is 24.1 Å². The van der Waals surface area contributed by atoms with E-state index in [-0.39, 0.29) is 36.0 Å². The van der Waals surface area contributed by atoms with Crippen molar-refractivity contribution in [1.82, 2.24) is 5.43 Å². The van der Waals surface area contributed by atoms with E-state index in [1.807, 2.05) is 0 Å². The fourth-order valence-electron chi connectivity index (χ4n) is 2.87. The van der Waals surface area contributed by atoms with Crippen LogP contribution in [0.15, 0.2) is 48.5 Å². The van der Waals surface area contributed by atoms with Crippen molar-refractivity contribution in [2.75, 3.05) is 10.3 Å². The van der Waals surface area contributed by atoms with Crippen molar-refractivity contribution in [2.24, 2.45) is 0 Å². The minimum absolute atomic E-state index is 0.109. The average molecular weight is 423 g/mol.